The highest BCUT2D eigenvalue weighted by atomic mass is 32.2. The highest BCUT2D eigenvalue weighted by molar-refractivity contribution is 7.85. The smallest absolute Gasteiger partial charge is 0.264 e. The molecule has 2 aromatic rings. The number of benzene rings is 1. The average molecular weight is 364 g/mol. The minimum Gasteiger partial charge on any atom is -0.497 e. The molecule has 25 heavy (non-hydrogen) atoms. The van der Waals surface area contributed by atoms with Crippen LogP contribution < -0.4 is 14.7 Å². The Morgan fingerprint density at radius 2 is 1.84 bits per heavy atom. The normalized spacial score (nSPS) is 11.6. The third-order valence-corrected chi connectivity index (χ3v) is 4.29. The standard InChI is InChI=1S/C17H21N3O4S/c1-24-17-6-4-16(5-7-17)19-18-14-15-8-11-20(12-9-15)10-2-3-13-25(21,22)23/h4-9,11-12,14H,2-3,10,13H2,1H3,(H,21,22,23)/p+1. The minimum atomic E-state index is -3.86. The number of methoxy groups -OCH3 is 1. The third kappa shape index (κ3) is 7.32. The topological polar surface area (TPSA) is 91.9 Å². The number of rotatable bonds is 9. The van der Waals surface area contributed by atoms with Crippen molar-refractivity contribution in [2.75, 3.05) is 18.3 Å². The number of hydrazone groups is 1. The molecule has 8 heteroatoms. The zero-order chi connectivity index (χ0) is 18.1. The van der Waals surface area contributed by atoms with Crippen molar-refractivity contribution in [2.24, 2.45) is 5.10 Å². The Balaban J connectivity index is 1.78. The van der Waals surface area contributed by atoms with Crippen molar-refractivity contribution in [3.63, 3.8) is 0 Å². The number of ether oxygens (including phenoxy) is 1. The Morgan fingerprint density at radius 3 is 2.44 bits per heavy atom. The average Bonchev–Trinajstić information content (AvgIpc) is 2.60. The van der Waals surface area contributed by atoms with Crippen LogP contribution in [-0.4, -0.2) is 32.0 Å². The molecule has 1 aromatic carbocycles. The summed E-state index contributed by atoms with van der Waals surface area (Å²) in [7, 11) is -2.24. The summed E-state index contributed by atoms with van der Waals surface area (Å²) in [5.74, 6) is 0.591. The summed E-state index contributed by atoms with van der Waals surface area (Å²) >= 11 is 0. The Morgan fingerprint density at radius 1 is 1.16 bits per heavy atom. The predicted octanol–water partition coefficient (Wildman–Crippen LogP) is 2.10. The van der Waals surface area contributed by atoms with Gasteiger partial charge in [-0.15, -0.1) is 0 Å². The first-order valence-corrected chi connectivity index (χ1v) is 9.44. The van der Waals surface area contributed by atoms with Gasteiger partial charge in [0.2, 0.25) is 0 Å². The van der Waals surface area contributed by atoms with E-state index in [1.165, 1.54) is 0 Å². The number of hydrogen-bond acceptors (Lipinski definition) is 5. The van der Waals surface area contributed by atoms with Crippen molar-refractivity contribution in [3.8, 4) is 5.75 Å². The van der Waals surface area contributed by atoms with Crippen LogP contribution in [-0.2, 0) is 16.7 Å². The molecule has 0 saturated carbocycles. The van der Waals surface area contributed by atoms with Gasteiger partial charge < -0.3 is 4.74 Å². The lowest BCUT2D eigenvalue weighted by atomic mass is 10.3. The summed E-state index contributed by atoms with van der Waals surface area (Å²) < 4.78 is 37.0. The Labute approximate surface area is 147 Å². The first-order chi connectivity index (χ1) is 12.0. The summed E-state index contributed by atoms with van der Waals surface area (Å²) in [6.07, 6.45) is 6.63. The lowest BCUT2D eigenvalue weighted by Gasteiger charge is -2.02. The number of hydrogen-bond donors (Lipinski definition) is 2. The number of anilines is 1. The Kier molecular flexibility index (Phi) is 6.91. The molecule has 7 nitrogen and oxygen atoms in total. The molecular formula is C17H22N3O4S+. The zero-order valence-corrected chi connectivity index (χ0v) is 14.8. The molecule has 2 rings (SSSR count). The number of unbranched alkanes of at least 4 members (excludes halogenated alkanes) is 1. The van der Waals surface area contributed by atoms with E-state index in [0.717, 1.165) is 17.0 Å². The lowest BCUT2D eigenvalue weighted by molar-refractivity contribution is -0.697. The quantitative estimate of drug-likeness (QED) is 0.234. The van der Waals surface area contributed by atoms with E-state index in [2.05, 4.69) is 10.5 Å². The van der Waals surface area contributed by atoms with Crippen molar-refractivity contribution in [1.29, 1.82) is 0 Å². The summed E-state index contributed by atoms with van der Waals surface area (Å²) in [6.45, 7) is 0.692. The molecule has 1 aromatic heterocycles. The summed E-state index contributed by atoms with van der Waals surface area (Å²) in [5, 5.41) is 4.18. The van der Waals surface area contributed by atoms with Gasteiger partial charge in [0.25, 0.3) is 10.1 Å². The maximum atomic E-state index is 10.6. The Bertz CT molecular complexity index is 788. The van der Waals surface area contributed by atoms with Crippen molar-refractivity contribution in [1.82, 2.24) is 0 Å². The van der Waals surface area contributed by atoms with Crippen LogP contribution in [0.25, 0.3) is 0 Å². The first kappa shape index (κ1) is 18.9. The van der Waals surface area contributed by atoms with Crippen LogP contribution in [0.2, 0.25) is 0 Å². The number of aromatic nitrogens is 1. The van der Waals surface area contributed by atoms with Crippen LogP contribution in [0.1, 0.15) is 18.4 Å². The van der Waals surface area contributed by atoms with Crippen LogP contribution >= 0.6 is 0 Å². The van der Waals surface area contributed by atoms with Gasteiger partial charge in [-0.25, -0.2) is 4.57 Å². The van der Waals surface area contributed by atoms with E-state index >= 15 is 0 Å². The second kappa shape index (κ2) is 9.14. The van der Waals surface area contributed by atoms with Crippen molar-refractivity contribution >= 4 is 22.0 Å². The molecule has 0 saturated heterocycles. The van der Waals surface area contributed by atoms with E-state index in [1.54, 1.807) is 13.3 Å². The molecule has 134 valence electrons. The zero-order valence-electron chi connectivity index (χ0n) is 14.0. The number of aryl methyl sites for hydroxylation is 1. The van der Waals surface area contributed by atoms with Gasteiger partial charge in [0, 0.05) is 24.1 Å². The highest BCUT2D eigenvalue weighted by Gasteiger charge is 2.05. The van der Waals surface area contributed by atoms with Crippen molar-refractivity contribution in [2.45, 2.75) is 19.4 Å². The first-order valence-electron chi connectivity index (χ1n) is 7.84. The lowest BCUT2D eigenvalue weighted by Crippen LogP contribution is -2.32. The van der Waals surface area contributed by atoms with Crippen LogP contribution in [0.5, 0.6) is 5.75 Å². The molecule has 0 aliphatic heterocycles. The Hall–Kier alpha value is -2.45. The van der Waals surface area contributed by atoms with E-state index in [1.807, 2.05) is 53.4 Å². The van der Waals surface area contributed by atoms with Gasteiger partial charge in [-0.2, -0.15) is 13.5 Å². The second-order valence-electron chi connectivity index (χ2n) is 5.46. The molecule has 1 heterocycles. The maximum Gasteiger partial charge on any atom is 0.264 e. The molecule has 0 fully saturated rings. The van der Waals surface area contributed by atoms with E-state index in [0.29, 0.717) is 19.4 Å². The molecule has 0 amide bonds. The van der Waals surface area contributed by atoms with E-state index in [9.17, 15) is 8.42 Å². The van der Waals surface area contributed by atoms with E-state index in [-0.39, 0.29) is 5.75 Å². The molecule has 0 bridgehead atoms. The molecule has 0 unspecified atom stereocenters. The van der Waals surface area contributed by atoms with Gasteiger partial charge in [-0.3, -0.25) is 9.98 Å². The molecular weight excluding hydrogens is 342 g/mol. The van der Waals surface area contributed by atoms with Crippen molar-refractivity contribution < 1.29 is 22.3 Å². The minimum absolute atomic E-state index is 0.199. The van der Waals surface area contributed by atoms with Crippen LogP contribution in [0.3, 0.4) is 0 Å². The largest absolute Gasteiger partial charge is 0.497 e. The summed E-state index contributed by atoms with van der Waals surface area (Å²) in [6, 6.07) is 11.3. The number of pyridine rings is 1. The predicted molar refractivity (Wildman–Crippen MR) is 96.5 cm³/mol. The third-order valence-electron chi connectivity index (χ3n) is 3.48. The molecule has 0 aliphatic rings. The van der Waals surface area contributed by atoms with Gasteiger partial charge in [-0.1, -0.05) is 0 Å². The summed E-state index contributed by atoms with van der Waals surface area (Å²) in [5.41, 5.74) is 4.74. The molecule has 0 radical (unpaired) electrons. The SMILES string of the molecule is COc1ccc(NN=Cc2cc[n+](CCCCS(=O)(=O)O)cc2)cc1. The molecule has 0 spiro atoms. The van der Waals surface area contributed by atoms with E-state index in [4.69, 9.17) is 9.29 Å². The fourth-order valence-electron chi connectivity index (χ4n) is 2.13. The summed E-state index contributed by atoms with van der Waals surface area (Å²) in [4.78, 5) is 0. The monoisotopic (exact) mass is 364 g/mol. The number of nitrogens with zero attached hydrogens (tertiary/aromatic N) is 2. The second-order valence-corrected chi connectivity index (χ2v) is 7.03. The number of nitrogens with one attached hydrogen (secondary N) is 1. The van der Waals surface area contributed by atoms with E-state index < -0.39 is 10.1 Å². The molecule has 0 atom stereocenters. The van der Waals surface area contributed by atoms with Crippen molar-refractivity contribution in [3.05, 3.63) is 54.4 Å². The van der Waals surface area contributed by atoms with Crippen LogP contribution in [0.15, 0.2) is 53.9 Å². The molecule has 2 N–H and O–H groups in total. The fraction of sp³-hybridized carbons (Fsp3) is 0.294. The van der Waals surface area contributed by atoms with Crippen LogP contribution in [0.4, 0.5) is 5.69 Å². The van der Waals surface area contributed by atoms with Crippen LogP contribution in [0, 0.1) is 0 Å². The molecule has 0 aliphatic carbocycles. The fourth-order valence-corrected chi connectivity index (χ4v) is 2.70. The van der Waals surface area contributed by atoms with Gasteiger partial charge in [0.05, 0.1) is 24.8 Å². The van der Waals surface area contributed by atoms with Gasteiger partial charge >= 0.3 is 0 Å². The van der Waals surface area contributed by atoms with Gasteiger partial charge in [-0.05, 0) is 30.7 Å². The highest BCUT2D eigenvalue weighted by Crippen LogP contribution is 2.14. The maximum absolute atomic E-state index is 10.6. The van der Waals surface area contributed by atoms with Gasteiger partial charge in [0.1, 0.15) is 12.3 Å². The van der Waals surface area contributed by atoms with Gasteiger partial charge in [0.15, 0.2) is 12.4 Å².